The van der Waals surface area contributed by atoms with E-state index in [-0.39, 0.29) is 0 Å². The second-order valence-corrected chi connectivity index (χ2v) is 5.34. The number of nitrogens with zero attached hydrogens (tertiary/aromatic N) is 1. The Morgan fingerprint density at radius 1 is 1.14 bits per heavy atom. The summed E-state index contributed by atoms with van der Waals surface area (Å²) in [6, 6.07) is 15.5. The number of β-amino-alcohol motifs (C(OH)–C–C–N with tert-alkyl or cyclic N) is 1. The van der Waals surface area contributed by atoms with Crippen LogP contribution < -0.4 is 10.5 Å². The normalized spacial score (nSPS) is 16.6. The number of fused-ring (bicyclic) bond motifs is 1. The molecule has 1 aliphatic heterocycles. The van der Waals surface area contributed by atoms with Crippen LogP contribution in [0, 0.1) is 0 Å². The number of benzene rings is 2. The Morgan fingerprint density at radius 2 is 1.90 bits per heavy atom. The number of nitrogen functional groups attached to an aromatic ring is 1. The Kier molecular flexibility index (Phi) is 4.08. The SMILES string of the molecule is Nc1ccccc1C(O)CN1CCOc2ccccc2C1. The van der Waals surface area contributed by atoms with Gasteiger partial charge in [0, 0.05) is 36.4 Å². The van der Waals surface area contributed by atoms with Crippen molar-refractivity contribution in [1.29, 1.82) is 0 Å². The van der Waals surface area contributed by atoms with Crippen molar-refractivity contribution in [2.45, 2.75) is 12.6 Å². The summed E-state index contributed by atoms with van der Waals surface area (Å²) < 4.78 is 5.74. The average Bonchev–Trinajstić information content (AvgIpc) is 2.69. The van der Waals surface area contributed by atoms with Gasteiger partial charge in [-0.25, -0.2) is 0 Å². The molecule has 0 radical (unpaired) electrons. The summed E-state index contributed by atoms with van der Waals surface area (Å²) in [6.45, 7) is 2.75. The molecule has 4 heteroatoms. The van der Waals surface area contributed by atoms with Gasteiger partial charge in [-0.2, -0.15) is 0 Å². The standard InChI is InChI=1S/C17H20N2O2/c18-15-7-3-2-6-14(15)16(20)12-19-9-10-21-17-8-4-1-5-13(17)11-19/h1-8,16,20H,9-12,18H2. The maximum atomic E-state index is 10.4. The Morgan fingerprint density at radius 3 is 2.76 bits per heavy atom. The third-order valence-electron chi connectivity index (χ3n) is 3.82. The van der Waals surface area contributed by atoms with Crippen LogP contribution in [-0.2, 0) is 6.54 Å². The fourth-order valence-electron chi connectivity index (χ4n) is 2.69. The maximum absolute atomic E-state index is 10.4. The summed E-state index contributed by atoms with van der Waals surface area (Å²) in [5, 5.41) is 10.4. The van der Waals surface area contributed by atoms with Crippen molar-refractivity contribution in [1.82, 2.24) is 4.90 Å². The minimum atomic E-state index is -0.587. The molecule has 3 N–H and O–H groups in total. The van der Waals surface area contributed by atoms with Gasteiger partial charge in [-0.15, -0.1) is 0 Å². The van der Waals surface area contributed by atoms with Crippen LogP contribution in [-0.4, -0.2) is 29.7 Å². The van der Waals surface area contributed by atoms with E-state index < -0.39 is 6.10 Å². The molecule has 3 rings (SSSR count). The van der Waals surface area contributed by atoms with Crippen LogP contribution in [0.2, 0.25) is 0 Å². The van der Waals surface area contributed by atoms with Gasteiger partial charge in [-0.1, -0.05) is 36.4 Å². The Bertz CT molecular complexity index is 615. The maximum Gasteiger partial charge on any atom is 0.123 e. The molecule has 0 fully saturated rings. The lowest BCUT2D eigenvalue weighted by molar-refractivity contribution is 0.105. The number of nitrogens with two attached hydrogens (primary N) is 1. The van der Waals surface area contributed by atoms with Gasteiger partial charge in [-0.3, -0.25) is 4.90 Å². The molecule has 0 bridgehead atoms. The minimum absolute atomic E-state index is 0.548. The van der Waals surface area contributed by atoms with Crippen molar-refractivity contribution in [2.24, 2.45) is 0 Å². The number of anilines is 1. The first kappa shape index (κ1) is 13.9. The van der Waals surface area contributed by atoms with E-state index in [0.717, 1.165) is 30.0 Å². The smallest absolute Gasteiger partial charge is 0.123 e. The van der Waals surface area contributed by atoms with Crippen molar-refractivity contribution >= 4 is 5.69 Å². The molecule has 0 spiro atoms. The number of rotatable bonds is 3. The van der Waals surface area contributed by atoms with E-state index in [2.05, 4.69) is 11.0 Å². The molecule has 1 unspecified atom stereocenters. The van der Waals surface area contributed by atoms with Gasteiger partial charge in [-0.05, 0) is 12.1 Å². The topological polar surface area (TPSA) is 58.7 Å². The third kappa shape index (κ3) is 3.17. The fourth-order valence-corrected chi connectivity index (χ4v) is 2.69. The zero-order chi connectivity index (χ0) is 14.7. The molecule has 2 aromatic carbocycles. The second-order valence-electron chi connectivity index (χ2n) is 5.34. The molecule has 0 amide bonds. The van der Waals surface area contributed by atoms with Gasteiger partial charge >= 0.3 is 0 Å². The molecule has 1 heterocycles. The summed E-state index contributed by atoms with van der Waals surface area (Å²) in [5.74, 6) is 0.939. The van der Waals surface area contributed by atoms with Gasteiger partial charge in [0.1, 0.15) is 12.4 Å². The molecule has 2 aromatic rings. The predicted molar refractivity (Wildman–Crippen MR) is 83.0 cm³/mol. The molecule has 0 aliphatic carbocycles. The summed E-state index contributed by atoms with van der Waals surface area (Å²) in [6.07, 6.45) is -0.587. The van der Waals surface area contributed by atoms with Crippen LogP contribution in [0.1, 0.15) is 17.2 Å². The van der Waals surface area contributed by atoms with Crippen LogP contribution in [0.3, 0.4) is 0 Å². The minimum Gasteiger partial charge on any atom is -0.492 e. The van der Waals surface area contributed by atoms with Crippen molar-refractivity contribution in [2.75, 3.05) is 25.4 Å². The van der Waals surface area contributed by atoms with Crippen LogP contribution in [0.5, 0.6) is 5.75 Å². The zero-order valence-corrected chi connectivity index (χ0v) is 11.9. The Hall–Kier alpha value is -2.04. The van der Waals surface area contributed by atoms with Crippen molar-refractivity contribution < 1.29 is 9.84 Å². The van der Waals surface area contributed by atoms with Crippen LogP contribution in [0.15, 0.2) is 48.5 Å². The first-order chi connectivity index (χ1) is 10.2. The molecule has 0 aromatic heterocycles. The highest BCUT2D eigenvalue weighted by atomic mass is 16.5. The first-order valence-electron chi connectivity index (χ1n) is 7.19. The van der Waals surface area contributed by atoms with Crippen molar-refractivity contribution in [3.05, 3.63) is 59.7 Å². The lowest BCUT2D eigenvalue weighted by atomic mass is 10.1. The fraction of sp³-hybridized carbons (Fsp3) is 0.294. The number of ether oxygens (including phenoxy) is 1. The molecule has 1 atom stereocenters. The average molecular weight is 284 g/mol. The van der Waals surface area contributed by atoms with E-state index >= 15 is 0 Å². The highest BCUT2D eigenvalue weighted by Gasteiger charge is 2.19. The zero-order valence-electron chi connectivity index (χ0n) is 11.9. The van der Waals surface area contributed by atoms with E-state index in [9.17, 15) is 5.11 Å². The van der Waals surface area contributed by atoms with Crippen molar-refractivity contribution in [3.8, 4) is 5.75 Å². The van der Waals surface area contributed by atoms with Gasteiger partial charge in [0.2, 0.25) is 0 Å². The lowest BCUT2D eigenvalue weighted by Gasteiger charge is -2.23. The van der Waals surface area contributed by atoms with Crippen LogP contribution in [0.25, 0.3) is 0 Å². The summed E-state index contributed by atoms with van der Waals surface area (Å²) in [4.78, 5) is 2.20. The van der Waals surface area contributed by atoms with Crippen LogP contribution in [0.4, 0.5) is 5.69 Å². The molecule has 110 valence electrons. The highest BCUT2D eigenvalue weighted by molar-refractivity contribution is 5.47. The number of aliphatic hydroxyl groups excluding tert-OH is 1. The summed E-state index contributed by atoms with van der Waals surface area (Å²) in [5.41, 5.74) is 8.51. The van der Waals surface area contributed by atoms with Crippen LogP contribution >= 0.6 is 0 Å². The van der Waals surface area contributed by atoms with E-state index in [1.165, 1.54) is 0 Å². The highest BCUT2D eigenvalue weighted by Crippen LogP contribution is 2.25. The van der Waals surface area contributed by atoms with E-state index in [4.69, 9.17) is 10.5 Å². The molecule has 0 saturated carbocycles. The largest absolute Gasteiger partial charge is 0.492 e. The van der Waals surface area contributed by atoms with Gasteiger partial charge < -0.3 is 15.6 Å². The summed E-state index contributed by atoms with van der Waals surface area (Å²) in [7, 11) is 0. The Balaban J connectivity index is 1.72. The second kappa shape index (κ2) is 6.16. The molecular weight excluding hydrogens is 264 g/mol. The lowest BCUT2D eigenvalue weighted by Crippen LogP contribution is -2.30. The van der Waals surface area contributed by atoms with Gasteiger partial charge in [0.25, 0.3) is 0 Å². The third-order valence-corrected chi connectivity index (χ3v) is 3.82. The molecule has 4 nitrogen and oxygen atoms in total. The van der Waals surface area contributed by atoms with E-state index in [0.29, 0.717) is 18.8 Å². The molecule has 0 saturated heterocycles. The molecule has 21 heavy (non-hydrogen) atoms. The summed E-state index contributed by atoms with van der Waals surface area (Å²) >= 11 is 0. The number of para-hydroxylation sites is 2. The number of hydrogen-bond donors (Lipinski definition) is 2. The number of hydrogen-bond acceptors (Lipinski definition) is 4. The van der Waals surface area contributed by atoms with E-state index in [1.54, 1.807) is 0 Å². The predicted octanol–water partition coefficient (Wildman–Crippen LogP) is 2.20. The van der Waals surface area contributed by atoms with Gasteiger partial charge in [0.05, 0.1) is 6.10 Å². The first-order valence-corrected chi connectivity index (χ1v) is 7.19. The molecule has 1 aliphatic rings. The van der Waals surface area contributed by atoms with Crippen molar-refractivity contribution in [3.63, 3.8) is 0 Å². The Labute approximate surface area is 124 Å². The number of aliphatic hydroxyl groups is 1. The van der Waals surface area contributed by atoms with E-state index in [1.807, 2.05) is 42.5 Å². The van der Waals surface area contributed by atoms with Gasteiger partial charge in [0.15, 0.2) is 0 Å². The molecular formula is C17H20N2O2. The quantitative estimate of drug-likeness (QED) is 0.848. The monoisotopic (exact) mass is 284 g/mol.